The van der Waals surface area contributed by atoms with Crippen LogP contribution in [0.15, 0.2) is 12.1 Å². The van der Waals surface area contributed by atoms with Gasteiger partial charge >= 0.3 is 6.03 Å². The summed E-state index contributed by atoms with van der Waals surface area (Å²) in [5.74, 6) is 0.598. The van der Waals surface area contributed by atoms with Crippen molar-refractivity contribution in [2.75, 3.05) is 25.4 Å². The van der Waals surface area contributed by atoms with Crippen LogP contribution in [-0.2, 0) is 14.8 Å². The molecule has 1 aliphatic carbocycles. The summed E-state index contributed by atoms with van der Waals surface area (Å²) in [5.41, 5.74) is 1.35. The number of aromatic nitrogens is 1. The lowest BCUT2D eigenvalue weighted by Gasteiger charge is -2.18. The fourth-order valence-electron chi connectivity index (χ4n) is 3.46. The molecule has 2 aliphatic rings. The van der Waals surface area contributed by atoms with Gasteiger partial charge in [-0.15, -0.1) is 0 Å². The molecule has 1 atom stereocenters. The summed E-state index contributed by atoms with van der Waals surface area (Å²) in [6, 6.07) is 4.41. The van der Waals surface area contributed by atoms with Crippen LogP contribution in [0.2, 0.25) is 0 Å². The summed E-state index contributed by atoms with van der Waals surface area (Å²) in [7, 11) is -3.62. The molecule has 1 aliphatic heterocycles. The summed E-state index contributed by atoms with van der Waals surface area (Å²) in [5, 5.41) is 11.4. The van der Waals surface area contributed by atoms with Crippen molar-refractivity contribution in [2.24, 2.45) is 5.92 Å². The predicted molar refractivity (Wildman–Crippen MR) is 116 cm³/mol. The fraction of sp³-hybridized carbons (Fsp3) is 0.619. The first-order valence-electron chi connectivity index (χ1n) is 10.8. The quantitative estimate of drug-likeness (QED) is 0.335. The van der Waals surface area contributed by atoms with Crippen LogP contribution in [0.5, 0.6) is 5.88 Å². The van der Waals surface area contributed by atoms with Crippen LogP contribution in [0.4, 0.5) is 4.79 Å². The number of imide groups is 1. The molecule has 0 radical (unpaired) electrons. The highest BCUT2D eigenvalue weighted by atomic mass is 32.2. The summed E-state index contributed by atoms with van der Waals surface area (Å²) in [4.78, 5) is 28.4. The Balaban J connectivity index is 1.51. The molecule has 11 heteroatoms. The standard InChI is InChI=1S/C21H29N5O5S/c1-15-11-17(12-20(23-15)31-14-16-5-6-16)18(7-8-22)25-32(29,30)10-4-2-3-9-26-13-19(27)24-21(26)28/h11-12,16,18,25H,2-7,9-10,13-14H2,1H3,(H,24,27,28)/t18-/m1/s1. The summed E-state index contributed by atoms with van der Waals surface area (Å²) < 4.78 is 33.6. The number of amides is 3. The number of nitrogens with zero attached hydrogens (tertiary/aromatic N) is 3. The van der Waals surface area contributed by atoms with Crippen molar-refractivity contribution in [2.45, 2.75) is 51.5 Å². The highest BCUT2D eigenvalue weighted by Crippen LogP contribution is 2.30. The van der Waals surface area contributed by atoms with Crippen LogP contribution in [0.3, 0.4) is 0 Å². The van der Waals surface area contributed by atoms with Gasteiger partial charge in [-0.3, -0.25) is 10.1 Å². The zero-order valence-corrected chi connectivity index (χ0v) is 19.0. The SMILES string of the molecule is Cc1cc([C@@H](CC#N)NS(=O)(=O)CCCCCN2CC(=O)NC2=O)cc(OCC2CC2)n1. The topological polar surface area (TPSA) is 141 Å². The van der Waals surface area contributed by atoms with Crippen molar-refractivity contribution in [1.29, 1.82) is 5.26 Å². The number of carbonyl (C=O) groups excluding carboxylic acids is 2. The molecule has 32 heavy (non-hydrogen) atoms. The second-order valence-electron chi connectivity index (χ2n) is 8.32. The normalized spacial score (nSPS) is 17.2. The van der Waals surface area contributed by atoms with Crippen LogP contribution < -0.4 is 14.8 Å². The monoisotopic (exact) mass is 463 g/mol. The molecule has 2 N–H and O–H groups in total. The molecule has 2 fully saturated rings. The van der Waals surface area contributed by atoms with Gasteiger partial charge in [0.15, 0.2) is 0 Å². The van der Waals surface area contributed by atoms with Crippen LogP contribution in [0.25, 0.3) is 0 Å². The first kappa shape index (κ1) is 23.9. The predicted octanol–water partition coefficient (Wildman–Crippen LogP) is 1.78. The molecular formula is C21H29N5O5S. The molecule has 10 nitrogen and oxygen atoms in total. The van der Waals surface area contributed by atoms with Crippen LogP contribution in [-0.4, -0.2) is 55.7 Å². The number of carbonyl (C=O) groups is 2. The largest absolute Gasteiger partial charge is 0.477 e. The highest BCUT2D eigenvalue weighted by Gasteiger charge is 2.26. The van der Waals surface area contributed by atoms with Gasteiger partial charge in [0.1, 0.15) is 6.54 Å². The summed E-state index contributed by atoms with van der Waals surface area (Å²) in [6.07, 6.45) is 3.89. The third-order valence-corrected chi connectivity index (χ3v) is 6.81. The third-order valence-electron chi connectivity index (χ3n) is 5.34. The minimum Gasteiger partial charge on any atom is -0.477 e. The number of nitrogens with one attached hydrogen (secondary N) is 2. The third kappa shape index (κ3) is 7.46. The van der Waals surface area contributed by atoms with Crippen LogP contribution >= 0.6 is 0 Å². The number of nitriles is 1. The van der Waals surface area contributed by atoms with E-state index < -0.39 is 22.1 Å². The molecule has 3 amide bonds. The molecule has 1 saturated carbocycles. The maximum absolute atomic E-state index is 12.6. The second kappa shape index (κ2) is 10.7. The van der Waals surface area contributed by atoms with Gasteiger partial charge in [-0.2, -0.15) is 5.26 Å². The molecule has 2 heterocycles. The van der Waals surface area contributed by atoms with Crippen molar-refractivity contribution in [3.8, 4) is 11.9 Å². The Labute approximate surface area is 188 Å². The Morgan fingerprint density at radius 1 is 1.31 bits per heavy atom. The smallest absolute Gasteiger partial charge is 0.324 e. The van der Waals surface area contributed by atoms with E-state index in [0.717, 1.165) is 12.8 Å². The molecule has 1 aromatic heterocycles. The van der Waals surface area contributed by atoms with Gasteiger partial charge in [-0.05, 0) is 50.2 Å². The average Bonchev–Trinajstić information content (AvgIpc) is 3.49. The van der Waals surface area contributed by atoms with Crippen LogP contribution in [0, 0.1) is 24.2 Å². The highest BCUT2D eigenvalue weighted by molar-refractivity contribution is 7.89. The number of pyridine rings is 1. The van der Waals surface area contributed by atoms with Crippen molar-refractivity contribution >= 4 is 22.0 Å². The minimum atomic E-state index is -3.62. The molecule has 0 unspecified atom stereocenters. The molecule has 0 spiro atoms. The Bertz CT molecular complexity index is 987. The second-order valence-corrected chi connectivity index (χ2v) is 10.2. The van der Waals surface area contributed by atoms with Gasteiger partial charge < -0.3 is 9.64 Å². The average molecular weight is 464 g/mol. The Morgan fingerprint density at radius 2 is 2.09 bits per heavy atom. The van der Waals surface area contributed by atoms with E-state index in [9.17, 15) is 23.3 Å². The summed E-state index contributed by atoms with van der Waals surface area (Å²) in [6.45, 7) is 2.85. The van der Waals surface area contributed by atoms with Crippen molar-refractivity contribution in [3.63, 3.8) is 0 Å². The van der Waals surface area contributed by atoms with Gasteiger partial charge in [-0.25, -0.2) is 22.9 Å². The number of ether oxygens (including phenoxy) is 1. The van der Waals surface area contributed by atoms with E-state index in [1.54, 1.807) is 19.1 Å². The van der Waals surface area contributed by atoms with Crippen molar-refractivity contribution < 1.29 is 22.7 Å². The first-order valence-corrected chi connectivity index (χ1v) is 12.5. The minimum absolute atomic E-state index is 0.0111. The Morgan fingerprint density at radius 3 is 2.75 bits per heavy atom. The van der Waals surface area contributed by atoms with Gasteiger partial charge in [0.05, 0.1) is 30.9 Å². The van der Waals surface area contributed by atoms with Gasteiger partial charge in [0.25, 0.3) is 0 Å². The number of rotatable bonds is 13. The number of aryl methyl sites for hydroxylation is 1. The molecule has 1 saturated heterocycles. The van der Waals surface area contributed by atoms with Gasteiger partial charge in [-0.1, -0.05) is 6.42 Å². The molecule has 0 aromatic carbocycles. The molecule has 0 bridgehead atoms. The van der Waals surface area contributed by atoms with E-state index in [0.29, 0.717) is 55.5 Å². The lowest BCUT2D eigenvalue weighted by Crippen LogP contribution is -2.31. The maximum atomic E-state index is 12.6. The number of hydrogen-bond donors (Lipinski definition) is 2. The van der Waals surface area contributed by atoms with E-state index in [1.807, 2.05) is 6.07 Å². The van der Waals surface area contributed by atoms with E-state index in [1.165, 1.54) is 4.90 Å². The van der Waals surface area contributed by atoms with Crippen LogP contribution in [0.1, 0.15) is 55.8 Å². The van der Waals surface area contributed by atoms with Gasteiger partial charge in [0, 0.05) is 18.3 Å². The Kier molecular flexibility index (Phi) is 8.04. The fourth-order valence-corrected chi connectivity index (χ4v) is 4.81. The zero-order chi connectivity index (χ0) is 23.1. The van der Waals surface area contributed by atoms with E-state index in [4.69, 9.17) is 4.74 Å². The molecule has 1 aromatic rings. The summed E-state index contributed by atoms with van der Waals surface area (Å²) >= 11 is 0. The molecule has 3 rings (SSSR count). The molecular weight excluding hydrogens is 434 g/mol. The maximum Gasteiger partial charge on any atom is 0.324 e. The Hall–Kier alpha value is -2.71. The number of unbranched alkanes of at least 4 members (excludes halogenated alkanes) is 2. The lowest BCUT2D eigenvalue weighted by atomic mass is 10.1. The number of hydrogen-bond acceptors (Lipinski definition) is 7. The van der Waals surface area contributed by atoms with Crippen molar-refractivity contribution in [3.05, 3.63) is 23.4 Å². The lowest BCUT2D eigenvalue weighted by molar-refractivity contribution is -0.118. The zero-order valence-electron chi connectivity index (χ0n) is 18.2. The van der Waals surface area contributed by atoms with Gasteiger partial charge in [0.2, 0.25) is 21.8 Å². The van der Waals surface area contributed by atoms with E-state index in [2.05, 4.69) is 15.0 Å². The molecule has 174 valence electrons. The van der Waals surface area contributed by atoms with E-state index >= 15 is 0 Å². The van der Waals surface area contributed by atoms with E-state index in [-0.39, 0.29) is 24.6 Å². The number of urea groups is 1. The van der Waals surface area contributed by atoms with Crippen molar-refractivity contribution in [1.82, 2.24) is 19.9 Å². The number of sulfonamides is 1. The first-order chi connectivity index (χ1) is 15.3.